The highest BCUT2D eigenvalue weighted by Crippen LogP contribution is 2.23. The molecule has 2 atom stereocenters. The van der Waals surface area contributed by atoms with Crippen molar-refractivity contribution in [3.05, 3.63) is 34.6 Å². The molecule has 2 rings (SSSR count). The second kappa shape index (κ2) is 6.03. The molecule has 4 heteroatoms. The lowest BCUT2D eigenvalue weighted by Gasteiger charge is -2.28. The fourth-order valence-corrected chi connectivity index (χ4v) is 2.79. The van der Waals surface area contributed by atoms with E-state index in [4.69, 9.17) is 23.2 Å². The molecule has 0 aliphatic heterocycles. The van der Waals surface area contributed by atoms with Gasteiger partial charge < -0.3 is 5.32 Å². The predicted molar refractivity (Wildman–Crippen MR) is 70.1 cm³/mol. The van der Waals surface area contributed by atoms with Crippen LogP contribution in [0.2, 0.25) is 5.02 Å². The van der Waals surface area contributed by atoms with Gasteiger partial charge in [-0.25, -0.2) is 4.39 Å². The van der Waals surface area contributed by atoms with E-state index in [1.54, 1.807) is 12.1 Å². The van der Waals surface area contributed by atoms with Crippen LogP contribution in [-0.4, -0.2) is 11.4 Å². The summed E-state index contributed by atoms with van der Waals surface area (Å²) < 4.78 is 13.0. The summed E-state index contributed by atoms with van der Waals surface area (Å²) in [5.41, 5.74) is 0.992. The summed E-state index contributed by atoms with van der Waals surface area (Å²) in [5, 5.41) is 3.81. The van der Waals surface area contributed by atoms with E-state index in [0.29, 0.717) is 12.6 Å². The molecule has 1 nitrogen and oxygen atoms in total. The van der Waals surface area contributed by atoms with Gasteiger partial charge in [-0.2, -0.15) is 0 Å². The van der Waals surface area contributed by atoms with Crippen LogP contribution in [0, 0.1) is 5.82 Å². The predicted octanol–water partition coefficient (Wildman–Crippen LogP) is 4.12. The van der Waals surface area contributed by atoms with Crippen LogP contribution in [0.3, 0.4) is 0 Å². The van der Waals surface area contributed by atoms with E-state index < -0.39 is 0 Å². The van der Waals surface area contributed by atoms with Gasteiger partial charge in [0, 0.05) is 18.0 Å². The molecule has 94 valence electrons. The highest BCUT2D eigenvalue weighted by atomic mass is 35.5. The van der Waals surface area contributed by atoms with Crippen LogP contribution >= 0.6 is 23.2 Å². The Hall–Kier alpha value is -0.310. The number of hydrogen-bond donors (Lipinski definition) is 1. The number of rotatable bonds is 3. The average molecular weight is 276 g/mol. The lowest BCUT2D eigenvalue weighted by atomic mass is 9.95. The van der Waals surface area contributed by atoms with Gasteiger partial charge in [-0.05, 0) is 30.5 Å². The molecule has 1 aromatic carbocycles. The van der Waals surface area contributed by atoms with Crippen molar-refractivity contribution in [2.45, 2.75) is 43.6 Å². The quantitative estimate of drug-likeness (QED) is 0.819. The van der Waals surface area contributed by atoms with Gasteiger partial charge in [-0.1, -0.05) is 30.5 Å². The smallest absolute Gasteiger partial charge is 0.141 e. The largest absolute Gasteiger partial charge is 0.308 e. The maximum atomic E-state index is 13.0. The first-order chi connectivity index (χ1) is 8.16. The van der Waals surface area contributed by atoms with E-state index in [-0.39, 0.29) is 16.2 Å². The molecular weight excluding hydrogens is 260 g/mol. The molecule has 0 spiro atoms. The SMILES string of the molecule is Fc1ccc(CNC2CCCCC2Cl)cc1Cl. The van der Waals surface area contributed by atoms with Crippen molar-refractivity contribution in [3.63, 3.8) is 0 Å². The standard InChI is InChI=1S/C13H16Cl2FN/c14-10-3-1-2-4-13(10)17-8-9-5-6-12(16)11(15)7-9/h5-7,10,13,17H,1-4,8H2. The van der Waals surface area contributed by atoms with Crippen molar-refractivity contribution < 1.29 is 4.39 Å². The summed E-state index contributed by atoms with van der Waals surface area (Å²) in [5.74, 6) is -0.372. The molecule has 1 fully saturated rings. The molecule has 1 aliphatic carbocycles. The van der Waals surface area contributed by atoms with Crippen molar-refractivity contribution in [1.29, 1.82) is 0 Å². The molecule has 0 amide bonds. The van der Waals surface area contributed by atoms with Gasteiger partial charge in [-0.3, -0.25) is 0 Å². The van der Waals surface area contributed by atoms with E-state index in [1.165, 1.54) is 18.9 Å². The molecule has 0 aromatic heterocycles. The van der Waals surface area contributed by atoms with Crippen LogP contribution in [0.5, 0.6) is 0 Å². The Labute approximate surface area is 111 Å². The molecule has 0 saturated heterocycles. The number of alkyl halides is 1. The van der Waals surface area contributed by atoms with Gasteiger partial charge in [0.2, 0.25) is 0 Å². The zero-order valence-corrected chi connectivity index (χ0v) is 11.1. The van der Waals surface area contributed by atoms with E-state index in [9.17, 15) is 4.39 Å². The van der Waals surface area contributed by atoms with Gasteiger partial charge in [0.15, 0.2) is 0 Å². The zero-order chi connectivity index (χ0) is 12.3. The first-order valence-corrected chi connectivity index (χ1v) is 6.79. The first-order valence-electron chi connectivity index (χ1n) is 5.98. The van der Waals surface area contributed by atoms with Crippen molar-refractivity contribution in [3.8, 4) is 0 Å². The fourth-order valence-electron chi connectivity index (χ4n) is 2.21. The van der Waals surface area contributed by atoms with Crippen LogP contribution in [0.4, 0.5) is 4.39 Å². The third-order valence-corrected chi connectivity index (χ3v) is 4.05. The summed E-state index contributed by atoms with van der Waals surface area (Å²) in [7, 11) is 0. The summed E-state index contributed by atoms with van der Waals surface area (Å²) in [6.07, 6.45) is 4.63. The first kappa shape index (κ1) is 13.1. The third kappa shape index (κ3) is 3.57. The number of benzene rings is 1. The Kier molecular flexibility index (Phi) is 4.66. The van der Waals surface area contributed by atoms with E-state index >= 15 is 0 Å². The Balaban J connectivity index is 1.90. The molecule has 0 heterocycles. The van der Waals surface area contributed by atoms with E-state index in [0.717, 1.165) is 18.4 Å². The van der Waals surface area contributed by atoms with E-state index in [2.05, 4.69) is 5.32 Å². The molecule has 0 radical (unpaired) electrons. The molecule has 1 saturated carbocycles. The molecule has 17 heavy (non-hydrogen) atoms. The molecular formula is C13H16Cl2FN. The summed E-state index contributed by atoms with van der Waals surface area (Å²) in [6, 6.07) is 5.17. The highest BCUT2D eigenvalue weighted by molar-refractivity contribution is 6.30. The zero-order valence-electron chi connectivity index (χ0n) is 9.56. The normalized spacial score (nSPS) is 24.9. The third-order valence-electron chi connectivity index (χ3n) is 3.23. The monoisotopic (exact) mass is 275 g/mol. The van der Waals surface area contributed by atoms with Crippen molar-refractivity contribution in [2.24, 2.45) is 0 Å². The number of nitrogens with one attached hydrogen (secondary N) is 1. The fraction of sp³-hybridized carbons (Fsp3) is 0.538. The topological polar surface area (TPSA) is 12.0 Å². The Morgan fingerprint density at radius 1 is 1.29 bits per heavy atom. The minimum absolute atomic E-state index is 0.176. The number of halogens is 3. The summed E-state index contributed by atoms with van der Waals surface area (Å²) >= 11 is 12.0. The Morgan fingerprint density at radius 2 is 2.06 bits per heavy atom. The average Bonchev–Trinajstić information content (AvgIpc) is 2.32. The highest BCUT2D eigenvalue weighted by Gasteiger charge is 2.22. The van der Waals surface area contributed by atoms with Crippen LogP contribution < -0.4 is 5.32 Å². The van der Waals surface area contributed by atoms with Gasteiger partial charge in [0.05, 0.1) is 5.02 Å². The molecule has 2 unspecified atom stereocenters. The van der Waals surface area contributed by atoms with Gasteiger partial charge in [0.1, 0.15) is 5.82 Å². The van der Waals surface area contributed by atoms with Gasteiger partial charge in [0.25, 0.3) is 0 Å². The van der Waals surface area contributed by atoms with Crippen LogP contribution in [0.15, 0.2) is 18.2 Å². The van der Waals surface area contributed by atoms with Crippen molar-refractivity contribution >= 4 is 23.2 Å². The van der Waals surface area contributed by atoms with Crippen LogP contribution in [-0.2, 0) is 6.54 Å². The molecule has 0 bridgehead atoms. The molecule has 1 N–H and O–H groups in total. The van der Waals surface area contributed by atoms with Gasteiger partial charge >= 0.3 is 0 Å². The lowest BCUT2D eigenvalue weighted by molar-refractivity contribution is 0.378. The van der Waals surface area contributed by atoms with Crippen molar-refractivity contribution in [1.82, 2.24) is 5.32 Å². The van der Waals surface area contributed by atoms with Crippen LogP contribution in [0.25, 0.3) is 0 Å². The van der Waals surface area contributed by atoms with E-state index in [1.807, 2.05) is 0 Å². The second-order valence-electron chi connectivity index (χ2n) is 4.54. The maximum absolute atomic E-state index is 13.0. The number of hydrogen-bond acceptors (Lipinski definition) is 1. The Morgan fingerprint density at radius 3 is 2.76 bits per heavy atom. The second-order valence-corrected chi connectivity index (χ2v) is 5.50. The minimum atomic E-state index is -0.372. The Bertz CT molecular complexity index is 384. The summed E-state index contributed by atoms with van der Waals surface area (Å²) in [6.45, 7) is 0.688. The molecule has 1 aliphatic rings. The maximum Gasteiger partial charge on any atom is 0.141 e. The van der Waals surface area contributed by atoms with Crippen LogP contribution in [0.1, 0.15) is 31.2 Å². The minimum Gasteiger partial charge on any atom is -0.308 e. The summed E-state index contributed by atoms with van der Waals surface area (Å²) in [4.78, 5) is 0. The lowest BCUT2D eigenvalue weighted by Crippen LogP contribution is -2.38. The molecule has 1 aromatic rings. The van der Waals surface area contributed by atoms with Gasteiger partial charge in [-0.15, -0.1) is 11.6 Å². The van der Waals surface area contributed by atoms with Crippen molar-refractivity contribution in [2.75, 3.05) is 0 Å².